The molecule has 2 aromatic heterocycles. The number of para-hydroxylation sites is 4. The van der Waals surface area contributed by atoms with Crippen LogP contribution in [-0.4, -0.2) is 4.57 Å². The summed E-state index contributed by atoms with van der Waals surface area (Å²) >= 11 is 0. The number of benzene rings is 11. The minimum absolute atomic E-state index is 0.138. The van der Waals surface area contributed by atoms with Gasteiger partial charge in [-0.3, -0.25) is 0 Å². The van der Waals surface area contributed by atoms with E-state index < -0.39 is 0 Å². The van der Waals surface area contributed by atoms with Crippen molar-refractivity contribution < 1.29 is 4.42 Å². The maximum absolute atomic E-state index is 6.57. The fourth-order valence-electron chi connectivity index (χ4n) is 11.8. The lowest BCUT2D eigenvalue weighted by molar-refractivity contribution is 0.660. The van der Waals surface area contributed by atoms with Crippen LogP contribution in [-0.2, 0) is 5.41 Å². The average Bonchev–Trinajstić information content (AvgIpc) is 4.04. The highest BCUT2D eigenvalue weighted by molar-refractivity contribution is 6.17. The van der Waals surface area contributed by atoms with Crippen LogP contribution in [0.2, 0.25) is 0 Å². The molecule has 0 atom stereocenters. The van der Waals surface area contributed by atoms with E-state index in [1.165, 1.54) is 60.4 Å². The van der Waals surface area contributed by atoms with Crippen LogP contribution in [0.3, 0.4) is 0 Å². The van der Waals surface area contributed by atoms with E-state index in [0.717, 1.165) is 72.5 Å². The molecule has 0 bridgehead atoms. The maximum Gasteiger partial charge on any atom is 0.136 e. The van der Waals surface area contributed by atoms with Crippen LogP contribution in [0, 0.1) is 0 Å². The van der Waals surface area contributed by atoms with Crippen LogP contribution in [0.15, 0.2) is 247 Å². The summed E-state index contributed by atoms with van der Waals surface area (Å²) in [4.78, 5) is 2.53. The van der Waals surface area contributed by atoms with Crippen molar-refractivity contribution in [3.05, 3.63) is 254 Å². The van der Waals surface area contributed by atoms with Crippen LogP contribution in [0.4, 0.5) is 17.1 Å². The molecule has 0 aliphatic heterocycles. The number of rotatable bonds is 7. The second-order valence-corrected chi connectivity index (χ2v) is 19.2. The molecule has 0 amide bonds. The number of nitrogens with zero attached hydrogens (tertiary/aromatic N) is 2. The number of hydrogen-bond donors (Lipinski definition) is 0. The summed E-state index contributed by atoms with van der Waals surface area (Å²) in [5.41, 5.74) is 20.4. The smallest absolute Gasteiger partial charge is 0.136 e. The van der Waals surface area contributed by atoms with Crippen molar-refractivity contribution in [3.63, 3.8) is 0 Å². The summed E-state index contributed by atoms with van der Waals surface area (Å²) in [6.45, 7) is 4.72. The Morgan fingerprint density at radius 3 is 1.93 bits per heavy atom. The third-order valence-electron chi connectivity index (χ3n) is 15.0. The lowest BCUT2D eigenvalue weighted by Crippen LogP contribution is -2.16. The van der Waals surface area contributed by atoms with E-state index in [1.807, 2.05) is 6.07 Å². The highest BCUT2D eigenvalue weighted by Crippen LogP contribution is 2.54. The molecule has 1 aliphatic rings. The van der Waals surface area contributed by atoms with Crippen LogP contribution < -0.4 is 4.90 Å². The summed E-state index contributed by atoms with van der Waals surface area (Å²) in [6, 6.07) is 89.0. The lowest BCUT2D eigenvalue weighted by atomic mass is 9.82. The molecule has 1 aliphatic carbocycles. The summed E-state index contributed by atoms with van der Waals surface area (Å²) in [7, 11) is 0. The van der Waals surface area contributed by atoms with Gasteiger partial charge in [0.2, 0.25) is 0 Å². The molecule has 0 saturated heterocycles. The Bertz CT molecular complexity index is 4230. The van der Waals surface area contributed by atoms with Crippen molar-refractivity contribution in [1.29, 1.82) is 0 Å². The van der Waals surface area contributed by atoms with Crippen molar-refractivity contribution in [2.75, 3.05) is 4.90 Å². The van der Waals surface area contributed by atoms with E-state index in [9.17, 15) is 0 Å². The Morgan fingerprint density at radius 1 is 0.386 bits per heavy atom. The zero-order chi connectivity index (χ0) is 46.5. The van der Waals surface area contributed by atoms with Gasteiger partial charge in [-0.2, -0.15) is 0 Å². The van der Waals surface area contributed by atoms with E-state index in [4.69, 9.17) is 4.42 Å². The minimum atomic E-state index is -0.138. The predicted molar refractivity (Wildman–Crippen MR) is 294 cm³/mol. The monoisotopic (exact) mass is 894 g/mol. The van der Waals surface area contributed by atoms with E-state index >= 15 is 0 Å². The van der Waals surface area contributed by atoms with Crippen LogP contribution in [0.1, 0.15) is 25.0 Å². The number of hydrogen-bond acceptors (Lipinski definition) is 2. The molecule has 11 aromatic carbocycles. The van der Waals surface area contributed by atoms with Crippen molar-refractivity contribution in [2.24, 2.45) is 0 Å². The highest BCUT2D eigenvalue weighted by Gasteiger charge is 2.36. The predicted octanol–water partition coefficient (Wildman–Crippen LogP) is 18.6. The van der Waals surface area contributed by atoms with Gasteiger partial charge in [0.25, 0.3) is 0 Å². The van der Waals surface area contributed by atoms with Crippen molar-refractivity contribution in [3.8, 4) is 50.2 Å². The van der Waals surface area contributed by atoms with Gasteiger partial charge in [0.1, 0.15) is 11.2 Å². The molecule has 2 heterocycles. The molecule has 3 heteroatoms. The van der Waals surface area contributed by atoms with Gasteiger partial charge in [-0.05, 0) is 128 Å². The van der Waals surface area contributed by atoms with Gasteiger partial charge in [-0.15, -0.1) is 0 Å². The van der Waals surface area contributed by atoms with E-state index in [1.54, 1.807) is 0 Å². The third kappa shape index (κ3) is 6.08. The quantitative estimate of drug-likeness (QED) is 0.159. The number of furan rings is 1. The first-order valence-electron chi connectivity index (χ1n) is 24.2. The average molecular weight is 895 g/mol. The van der Waals surface area contributed by atoms with Gasteiger partial charge in [-0.1, -0.05) is 184 Å². The molecule has 330 valence electrons. The molecule has 14 rings (SSSR count). The largest absolute Gasteiger partial charge is 0.456 e. The number of fused-ring (bicyclic) bond motifs is 10. The van der Waals surface area contributed by atoms with E-state index in [2.05, 4.69) is 260 Å². The normalized spacial score (nSPS) is 12.8. The van der Waals surface area contributed by atoms with Crippen LogP contribution >= 0.6 is 0 Å². The Morgan fingerprint density at radius 2 is 1.03 bits per heavy atom. The summed E-state index contributed by atoms with van der Waals surface area (Å²) in [5.74, 6) is 0. The fourth-order valence-corrected chi connectivity index (χ4v) is 11.8. The Balaban J connectivity index is 1.08. The van der Waals surface area contributed by atoms with Gasteiger partial charge < -0.3 is 13.9 Å². The van der Waals surface area contributed by atoms with E-state index in [0.29, 0.717) is 0 Å². The van der Waals surface area contributed by atoms with Crippen LogP contribution in [0.25, 0.3) is 105 Å². The molecule has 0 unspecified atom stereocenters. The molecule has 0 spiro atoms. The second-order valence-electron chi connectivity index (χ2n) is 19.2. The number of aromatic nitrogens is 1. The Hall–Kier alpha value is -8.92. The summed E-state index contributed by atoms with van der Waals surface area (Å²) in [5, 5.41) is 7.08. The van der Waals surface area contributed by atoms with Gasteiger partial charge in [0.15, 0.2) is 0 Å². The maximum atomic E-state index is 6.57. The minimum Gasteiger partial charge on any atom is -0.456 e. The number of anilines is 3. The highest BCUT2D eigenvalue weighted by atomic mass is 16.3. The molecule has 3 nitrogen and oxygen atoms in total. The van der Waals surface area contributed by atoms with Crippen molar-refractivity contribution in [2.45, 2.75) is 19.3 Å². The zero-order valence-electron chi connectivity index (χ0n) is 38.9. The molecule has 0 N–H and O–H groups in total. The fraction of sp³-hybridized carbons (Fsp3) is 0.0448. The molecule has 13 aromatic rings. The third-order valence-corrected chi connectivity index (χ3v) is 15.0. The molecule has 70 heavy (non-hydrogen) atoms. The lowest BCUT2D eigenvalue weighted by Gasteiger charge is -2.32. The first-order chi connectivity index (χ1) is 34.5. The van der Waals surface area contributed by atoms with Crippen molar-refractivity contribution >= 4 is 71.6 Å². The van der Waals surface area contributed by atoms with Crippen molar-refractivity contribution in [1.82, 2.24) is 4.57 Å². The Labute approximate surface area is 406 Å². The topological polar surface area (TPSA) is 21.3 Å². The van der Waals surface area contributed by atoms with Crippen LogP contribution in [0.5, 0.6) is 0 Å². The van der Waals surface area contributed by atoms with Gasteiger partial charge in [-0.25, -0.2) is 0 Å². The summed E-state index contributed by atoms with van der Waals surface area (Å²) in [6.07, 6.45) is 0. The van der Waals surface area contributed by atoms with Gasteiger partial charge in [0, 0.05) is 49.5 Å². The molecular formula is C67H46N2O. The molecule has 0 saturated carbocycles. The summed E-state index contributed by atoms with van der Waals surface area (Å²) < 4.78 is 8.98. The SMILES string of the molecule is CC1(C)c2ccccc2-c2cc(N(c3ccccc3-c3cccc4c3c3ccccc3n4-c3ccccc3)c3cccc(-c4ccc5c(c4)oc4ccccc45)c3-c3ccc4ccccc4c3)ccc21. The van der Waals surface area contributed by atoms with Gasteiger partial charge >= 0.3 is 0 Å². The second kappa shape index (κ2) is 15.6. The molecular weight excluding hydrogens is 849 g/mol. The Kier molecular flexibility index (Phi) is 8.93. The van der Waals surface area contributed by atoms with Gasteiger partial charge in [0.05, 0.1) is 22.4 Å². The molecule has 0 fully saturated rings. The zero-order valence-corrected chi connectivity index (χ0v) is 38.9. The van der Waals surface area contributed by atoms with E-state index in [-0.39, 0.29) is 5.41 Å². The standard InChI is InChI=1S/C67H46N2O/c1-67(2)57-28-12-8-22-50(57)56-42-48(37-39-58(56)67)69(59-29-13-9-23-51(59)54-27-17-32-62-66(54)55-25-10-14-30-60(55)68(62)47-20-4-3-5-21-47)61-31-16-26-49(65(61)46-35-34-43-18-6-7-19-44(43)40-46)45-36-38-53-52-24-11-15-33-63(52)70-64(53)41-45/h3-42H,1-2H3. The first-order valence-corrected chi connectivity index (χ1v) is 24.2. The molecule has 0 radical (unpaired) electrons. The first kappa shape index (κ1) is 40.2.